The van der Waals surface area contributed by atoms with Gasteiger partial charge in [0.15, 0.2) is 5.58 Å². The highest BCUT2D eigenvalue weighted by Crippen LogP contribution is 2.45. The van der Waals surface area contributed by atoms with Crippen LogP contribution in [0.4, 0.5) is 17.1 Å². The van der Waals surface area contributed by atoms with E-state index in [1.54, 1.807) is 4.90 Å². The summed E-state index contributed by atoms with van der Waals surface area (Å²) in [4.78, 5) is 1.73. The Labute approximate surface area is 289 Å². The Morgan fingerprint density at radius 3 is 1.92 bits per heavy atom. The van der Waals surface area contributed by atoms with E-state index in [4.69, 9.17) is 12.6 Å². The number of para-hydroxylation sites is 2. The maximum absolute atomic E-state index is 9.29. The molecule has 0 amide bonds. The first kappa shape index (κ1) is 21.4. The minimum Gasteiger partial charge on any atom is -0.454 e. The Hall–Kier alpha value is -6.38. The summed E-state index contributed by atoms with van der Waals surface area (Å²) >= 11 is 0. The largest absolute Gasteiger partial charge is 0.454 e. The van der Waals surface area contributed by atoms with E-state index < -0.39 is 36.3 Å². The van der Waals surface area contributed by atoms with Crippen LogP contribution in [-0.2, 0) is 0 Å². The first-order chi connectivity index (χ1) is 26.7. The normalized spacial score (nSPS) is 13.4. The molecule has 48 heavy (non-hydrogen) atoms. The van der Waals surface area contributed by atoms with Crippen LogP contribution in [-0.4, -0.2) is 0 Å². The summed E-state index contributed by atoms with van der Waals surface area (Å²) in [6.45, 7) is 0. The molecule has 2 heteroatoms. The van der Waals surface area contributed by atoms with Gasteiger partial charge in [0, 0.05) is 21.8 Å². The molecule has 0 aliphatic rings. The summed E-state index contributed by atoms with van der Waals surface area (Å²) in [5, 5.41) is 1.58. The lowest BCUT2D eigenvalue weighted by Gasteiger charge is -2.27. The van der Waals surface area contributed by atoms with Crippen LogP contribution in [0.25, 0.3) is 66.1 Å². The Morgan fingerprint density at radius 1 is 0.438 bits per heavy atom. The number of rotatable bonds is 6. The van der Waals surface area contributed by atoms with Gasteiger partial charge in [-0.2, -0.15) is 0 Å². The van der Waals surface area contributed by atoms with Crippen LogP contribution < -0.4 is 4.90 Å². The molecule has 0 aliphatic carbocycles. The molecule has 0 radical (unpaired) electrons. The molecular formula is C46H31NO. The van der Waals surface area contributed by atoms with Crippen molar-refractivity contribution in [3.63, 3.8) is 0 Å². The van der Waals surface area contributed by atoms with Crippen LogP contribution in [0.15, 0.2) is 192 Å². The van der Waals surface area contributed by atoms with Crippen LogP contribution in [0.2, 0.25) is 0 Å². The maximum atomic E-state index is 9.29. The van der Waals surface area contributed by atoms with E-state index in [-0.39, 0.29) is 22.5 Å². The van der Waals surface area contributed by atoms with Crippen molar-refractivity contribution in [3.8, 4) is 33.4 Å². The number of hydrogen-bond acceptors (Lipinski definition) is 2. The van der Waals surface area contributed by atoms with Gasteiger partial charge in [0.1, 0.15) is 5.58 Å². The molecule has 0 saturated carbocycles. The van der Waals surface area contributed by atoms with Gasteiger partial charge in [-0.05, 0) is 75.1 Å². The molecule has 0 N–H and O–H groups in total. The fourth-order valence-corrected chi connectivity index (χ4v) is 6.52. The summed E-state index contributed by atoms with van der Waals surface area (Å²) in [7, 11) is 0. The molecule has 0 saturated heterocycles. The average Bonchev–Trinajstić information content (AvgIpc) is 3.62. The minimum absolute atomic E-state index is 0.0156. The molecule has 226 valence electrons. The molecule has 0 fully saturated rings. The molecule has 0 atom stereocenters. The molecule has 2 nitrogen and oxygen atoms in total. The van der Waals surface area contributed by atoms with E-state index in [9.17, 15) is 1.37 Å². The van der Waals surface area contributed by atoms with Gasteiger partial charge < -0.3 is 9.32 Å². The molecule has 9 rings (SSSR count). The molecule has 0 spiro atoms. The summed E-state index contributed by atoms with van der Waals surface area (Å²) in [5.74, 6) is 0. The molecule has 1 aromatic heterocycles. The molecule has 8 aromatic carbocycles. The number of hydrogen-bond donors (Lipinski definition) is 0. The molecular weight excluding hydrogens is 583 g/mol. The second-order valence-electron chi connectivity index (χ2n) is 11.6. The van der Waals surface area contributed by atoms with Crippen molar-refractivity contribution in [3.05, 3.63) is 188 Å². The van der Waals surface area contributed by atoms with Crippen molar-refractivity contribution >= 4 is 49.8 Å². The third kappa shape index (κ3) is 4.83. The summed E-state index contributed by atoms with van der Waals surface area (Å²) < 4.78 is 68.2. The van der Waals surface area contributed by atoms with Gasteiger partial charge in [-0.3, -0.25) is 0 Å². The fraction of sp³-hybridized carbons (Fsp3) is 0. The van der Waals surface area contributed by atoms with Crippen molar-refractivity contribution in [2.75, 3.05) is 4.90 Å². The number of benzene rings is 8. The summed E-state index contributed by atoms with van der Waals surface area (Å²) in [6, 6.07) is 45.0. The Morgan fingerprint density at radius 2 is 1.10 bits per heavy atom. The predicted molar refractivity (Wildman–Crippen MR) is 202 cm³/mol. The van der Waals surface area contributed by atoms with E-state index >= 15 is 0 Å². The zero-order valence-corrected chi connectivity index (χ0v) is 25.7. The van der Waals surface area contributed by atoms with E-state index in [0.29, 0.717) is 22.5 Å². The molecule has 0 aliphatic heterocycles. The predicted octanol–water partition coefficient (Wildman–Crippen LogP) is 13.2. The monoisotopic (exact) mass is 620 g/mol. The van der Waals surface area contributed by atoms with Crippen LogP contribution >= 0.6 is 0 Å². The van der Waals surface area contributed by atoms with Crippen LogP contribution in [0.3, 0.4) is 0 Å². The maximum Gasteiger partial charge on any atom is 0.159 e. The van der Waals surface area contributed by atoms with Crippen LogP contribution in [0, 0.1) is 0 Å². The quantitative estimate of drug-likeness (QED) is 0.184. The van der Waals surface area contributed by atoms with Gasteiger partial charge in [0.25, 0.3) is 0 Å². The molecule has 1 heterocycles. The van der Waals surface area contributed by atoms with E-state index in [1.165, 1.54) is 0 Å². The van der Waals surface area contributed by atoms with Gasteiger partial charge in [-0.1, -0.05) is 152 Å². The second kappa shape index (κ2) is 11.8. The second-order valence-corrected chi connectivity index (χ2v) is 11.6. The number of fused-ring (bicyclic) bond motifs is 4. The molecule has 0 unspecified atom stereocenters. The minimum atomic E-state index is -0.502. The summed E-state index contributed by atoms with van der Waals surface area (Å²) in [6.07, 6.45) is 0. The van der Waals surface area contributed by atoms with Gasteiger partial charge >= 0.3 is 0 Å². The molecule has 9 aromatic rings. The highest BCUT2D eigenvalue weighted by atomic mass is 16.3. The Balaban J connectivity index is 1.28. The number of furan rings is 1. The van der Waals surface area contributed by atoms with Gasteiger partial charge in [0.05, 0.1) is 21.0 Å². The lowest BCUT2D eigenvalue weighted by atomic mass is 9.91. The first-order valence-electron chi connectivity index (χ1n) is 19.3. The van der Waals surface area contributed by atoms with Gasteiger partial charge in [-0.15, -0.1) is 0 Å². The Kier molecular flexibility index (Phi) is 5.25. The molecule has 0 bridgehead atoms. The van der Waals surface area contributed by atoms with Crippen LogP contribution in [0.1, 0.15) is 9.60 Å². The first-order valence-corrected chi connectivity index (χ1v) is 15.8. The third-order valence-electron chi connectivity index (χ3n) is 8.79. The fourth-order valence-electron chi connectivity index (χ4n) is 6.52. The van der Waals surface area contributed by atoms with Crippen molar-refractivity contribution in [1.29, 1.82) is 0 Å². The third-order valence-corrected chi connectivity index (χ3v) is 8.79. The van der Waals surface area contributed by atoms with E-state index in [0.717, 1.165) is 44.2 Å². The van der Waals surface area contributed by atoms with Crippen molar-refractivity contribution in [2.45, 2.75) is 0 Å². The van der Waals surface area contributed by atoms with Gasteiger partial charge in [-0.25, -0.2) is 0 Å². The average molecular weight is 621 g/mol. The van der Waals surface area contributed by atoms with E-state index in [1.807, 2.05) is 103 Å². The van der Waals surface area contributed by atoms with Crippen LogP contribution in [0.5, 0.6) is 0 Å². The smallest absolute Gasteiger partial charge is 0.159 e. The van der Waals surface area contributed by atoms with Gasteiger partial charge in [0.2, 0.25) is 0 Å². The lowest BCUT2D eigenvalue weighted by molar-refractivity contribution is 0.669. The zero-order chi connectivity index (χ0) is 38.0. The van der Waals surface area contributed by atoms with E-state index in [2.05, 4.69) is 42.5 Å². The van der Waals surface area contributed by atoms with Crippen molar-refractivity contribution in [2.24, 2.45) is 0 Å². The van der Waals surface area contributed by atoms with Crippen molar-refractivity contribution < 1.29 is 14.0 Å². The highest BCUT2D eigenvalue weighted by molar-refractivity contribution is 6.11. The zero-order valence-electron chi connectivity index (χ0n) is 32.7. The Bertz CT molecular complexity index is 2940. The topological polar surface area (TPSA) is 16.4 Å². The highest BCUT2D eigenvalue weighted by Gasteiger charge is 2.21. The number of nitrogens with zero attached hydrogens (tertiary/aromatic N) is 1. The SMILES string of the molecule is [2H]c1c([2H])c([2H])c2c(N(c3ccc(-c4ccc(-c5ccccc5)c(-c5ccccc5)c4)cc3)c3cccc4c3oc3ccccc34)c([2H])c([2H])c([2H])c2c1[2H]. The lowest BCUT2D eigenvalue weighted by Crippen LogP contribution is -2.10. The standard InChI is InChI=1S/C46H31NO/c1-3-13-33(14-4-1)38-30-27-36(31-42(38)35-15-5-2-6-16-35)32-25-28-37(29-26-32)47(43-22-11-18-34-17-7-8-19-39(34)43)44-23-12-21-41-40-20-9-10-24-45(40)48-46(41)44/h1-31H/i7D,8D,11D,17D,18D,19D,22D. The number of anilines is 3. The van der Waals surface area contributed by atoms with Crippen molar-refractivity contribution in [1.82, 2.24) is 0 Å². The summed E-state index contributed by atoms with van der Waals surface area (Å²) in [5.41, 5.74) is 8.63.